The molecule has 28 heavy (non-hydrogen) atoms. The molecule has 0 aliphatic carbocycles. The standard InChI is InChI=1S/C22H43NO4S/c1-3-4-5-6-7-8-9-10-11-12-13-14-15-16-18-27-21(24)23-22(2)17-19-28(25,26)20-22/h3-20H2,1-2H3,(H,23,24). The molecule has 0 saturated carbocycles. The zero-order valence-electron chi connectivity index (χ0n) is 18.3. The third-order valence-corrected chi connectivity index (χ3v) is 7.54. The molecular formula is C22H43NO4S. The van der Waals surface area contributed by atoms with Crippen LogP contribution in [0.3, 0.4) is 0 Å². The van der Waals surface area contributed by atoms with Crippen molar-refractivity contribution in [1.82, 2.24) is 5.32 Å². The predicted octanol–water partition coefficient (Wildman–Crippen LogP) is 5.77. The number of unbranched alkanes of at least 4 members (excludes halogenated alkanes) is 13. The van der Waals surface area contributed by atoms with Crippen LogP contribution in [0.15, 0.2) is 0 Å². The van der Waals surface area contributed by atoms with Gasteiger partial charge in [0.05, 0.1) is 23.7 Å². The maximum absolute atomic E-state index is 11.8. The minimum Gasteiger partial charge on any atom is -0.450 e. The number of sulfone groups is 1. The predicted molar refractivity (Wildman–Crippen MR) is 116 cm³/mol. The van der Waals surface area contributed by atoms with Gasteiger partial charge in [0.15, 0.2) is 9.84 Å². The molecule has 0 aromatic carbocycles. The summed E-state index contributed by atoms with van der Waals surface area (Å²) in [7, 11) is -3.02. The highest BCUT2D eigenvalue weighted by Crippen LogP contribution is 2.22. The average molecular weight is 418 g/mol. The summed E-state index contributed by atoms with van der Waals surface area (Å²) in [6.07, 6.45) is 18.1. The van der Waals surface area contributed by atoms with Gasteiger partial charge in [-0.05, 0) is 19.8 Å². The van der Waals surface area contributed by atoms with Crippen LogP contribution in [-0.4, -0.2) is 38.2 Å². The van der Waals surface area contributed by atoms with Gasteiger partial charge in [-0.1, -0.05) is 90.4 Å². The monoisotopic (exact) mass is 417 g/mol. The Morgan fingerprint density at radius 1 is 0.857 bits per heavy atom. The summed E-state index contributed by atoms with van der Waals surface area (Å²) in [5.74, 6) is 0.149. The van der Waals surface area contributed by atoms with Gasteiger partial charge in [0, 0.05) is 0 Å². The van der Waals surface area contributed by atoms with Crippen LogP contribution in [0.25, 0.3) is 0 Å². The average Bonchev–Trinajstić information content (AvgIpc) is 2.91. The molecule has 5 nitrogen and oxygen atoms in total. The lowest BCUT2D eigenvalue weighted by Crippen LogP contribution is -2.47. The number of ether oxygens (including phenoxy) is 1. The third-order valence-electron chi connectivity index (χ3n) is 5.64. The minimum atomic E-state index is -3.02. The molecule has 1 aliphatic heterocycles. The van der Waals surface area contributed by atoms with Gasteiger partial charge in [0.1, 0.15) is 0 Å². The molecule has 1 heterocycles. The topological polar surface area (TPSA) is 72.5 Å². The van der Waals surface area contributed by atoms with Gasteiger partial charge in [0.2, 0.25) is 0 Å². The molecule has 1 saturated heterocycles. The summed E-state index contributed by atoms with van der Waals surface area (Å²) in [5, 5.41) is 2.72. The maximum Gasteiger partial charge on any atom is 0.407 e. The summed E-state index contributed by atoms with van der Waals surface area (Å²) in [5.41, 5.74) is -0.675. The Balaban J connectivity index is 1.85. The second kappa shape index (κ2) is 14.2. The first kappa shape index (κ1) is 25.3. The first-order valence-corrected chi connectivity index (χ1v) is 13.3. The summed E-state index contributed by atoms with van der Waals surface area (Å²) >= 11 is 0. The first-order chi connectivity index (χ1) is 13.4. The van der Waals surface area contributed by atoms with Crippen molar-refractivity contribution in [2.75, 3.05) is 18.1 Å². The Bertz CT molecular complexity index is 521. The lowest BCUT2D eigenvalue weighted by Gasteiger charge is -2.23. The quantitative estimate of drug-likeness (QED) is 0.324. The molecule has 0 aromatic rings. The van der Waals surface area contributed by atoms with Crippen LogP contribution in [0.1, 0.15) is 110 Å². The summed E-state index contributed by atoms with van der Waals surface area (Å²) in [6, 6.07) is 0. The van der Waals surface area contributed by atoms with E-state index >= 15 is 0 Å². The Morgan fingerprint density at radius 2 is 1.32 bits per heavy atom. The van der Waals surface area contributed by atoms with E-state index in [-0.39, 0.29) is 11.5 Å². The fraction of sp³-hybridized carbons (Fsp3) is 0.955. The zero-order valence-corrected chi connectivity index (χ0v) is 19.1. The molecule has 1 atom stereocenters. The van der Waals surface area contributed by atoms with E-state index in [0.717, 1.165) is 12.8 Å². The normalized spacial score (nSPS) is 20.9. The van der Waals surface area contributed by atoms with Crippen LogP contribution < -0.4 is 5.32 Å². The SMILES string of the molecule is CCCCCCCCCCCCCCCCOC(=O)NC1(C)CCS(=O)(=O)C1. The van der Waals surface area contributed by atoms with Gasteiger partial charge in [-0.25, -0.2) is 13.2 Å². The molecule has 1 N–H and O–H groups in total. The Labute approximate surface area is 173 Å². The Morgan fingerprint density at radius 3 is 1.75 bits per heavy atom. The smallest absolute Gasteiger partial charge is 0.407 e. The summed E-state index contributed by atoms with van der Waals surface area (Å²) in [4.78, 5) is 11.8. The fourth-order valence-electron chi connectivity index (χ4n) is 3.85. The molecule has 0 bridgehead atoms. The molecule has 1 rings (SSSR count). The molecule has 1 unspecified atom stereocenters. The van der Waals surface area contributed by atoms with E-state index in [2.05, 4.69) is 12.2 Å². The molecular weight excluding hydrogens is 374 g/mol. The van der Waals surface area contributed by atoms with Crippen molar-refractivity contribution < 1.29 is 17.9 Å². The van der Waals surface area contributed by atoms with Crippen molar-refractivity contribution in [1.29, 1.82) is 0 Å². The van der Waals surface area contributed by atoms with Crippen molar-refractivity contribution >= 4 is 15.9 Å². The lowest BCUT2D eigenvalue weighted by atomic mass is 10.0. The van der Waals surface area contributed by atoms with E-state index in [0.29, 0.717) is 13.0 Å². The van der Waals surface area contributed by atoms with Crippen molar-refractivity contribution in [3.8, 4) is 0 Å². The number of alkyl carbamates (subject to hydrolysis) is 1. The van der Waals surface area contributed by atoms with Gasteiger partial charge in [0.25, 0.3) is 0 Å². The van der Waals surface area contributed by atoms with Crippen LogP contribution >= 0.6 is 0 Å². The molecule has 1 aliphatic rings. The van der Waals surface area contributed by atoms with Crippen molar-refractivity contribution in [2.45, 2.75) is 116 Å². The van der Waals surface area contributed by atoms with E-state index in [1.807, 2.05) is 0 Å². The van der Waals surface area contributed by atoms with Gasteiger partial charge in [-0.3, -0.25) is 0 Å². The summed E-state index contributed by atoms with van der Waals surface area (Å²) in [6.45, 7) is 4.44. The summed E-state index contributed by atoms with van der Waals surface area (Å²) < 4.78 is 28.3. The van der Waals surface area contributed by atoms with Crippen molar-refractivity contribution in [3.63, 3.8) is 0 Å². The number of rotatable bonds is 16. The van der Waals surface area contributed by atoms with E-state index in [1.54, 1.807) is 6.92 Å². The van der Waals surface area contributed by atoms with Gasteiger partial charge in [-0.15, -0.1) is 0 Å². The number of hydrogen-bond donors (Lipinski definition) is 1. The number of nitrogens with one attached hydrogen (secondary N) is 1. The number of carbonyl (C=O) groups excluding carboxylic acids is 1. The molecule has 0 radical (unpaired) electrons. The van der Waals surface area contributed by atoms with E-state index in [1.165, 1.54) is 77.0 Å². The van der Waals surface area contributed by atoms with Crippen LogP contribution in [0.4, 0.5) is 4.79 Å². The van der Waals surface area contributed by atoms with Gasteiger partial charge >= 0.3 is 6.09 Å². The van der Waals surface area contributed by atoms with Crippen LogP contribution in [-0.2, 0) is 14.6 Å². The lowest BCUT2D eigenvalue weighted by molar-refractivity contribution is 0.134. The molecule has 6 heteroatoms. The van der Waals surface area contributed by atoms with Crippen LogP contribution in [0.2, 0.25) is 0 Å². The highest BCUT2D eigenvalue weighted by Gasteiger charge is 2.39. The third kappa shape index (κ3) is 12.6. The maximum atomic E-state index is 11.8. The number of amides is 1. The van der Waals surface area contributed by atoms with Crippen molar-refractivity contribution in [3.05, 3.63) is 0 Å². The van der Waals surface area contributed by atoms with E-state index in [4.69, 9.17) is 4.74 Å². The van der Waals surface area contributed by atoms with Gasteiger partial charge in [-0.2, -0.15) is 0 Å². The van der Waals surface area contributed by atoms with E-state index in [9.17, 15) is 13.2 Å². The largest absolute Gasteiger partial charge is 0.450 e. The second-order valence-corrected chi connectivity index (χ2v) is 10.9. The number of hydrogen-bond acceptors (Lipinski definition) is 4. The molecule has 0 aromatic heterocycles. The van der Waals surface area contributed by atoms with Crippen LogP contribution in [0, 0.1) is 0 Å². The highest BCUT2D eigenvalue weighted by atomic mass is 32.2. The molecule has 166 valence electrons. The highest BCUT2D eigenvalue weighted by molar-refractivity contribution is 7.91. The molecule has 1 amide bonds. The molecule has 0 spiro atoms. The minimum absolute atomic E-state index is 0.00789. The molecule has 1 fully saturated rings. The van der Waals surface area contributed by atoms with E-state index < -0.39 is 21.5 Å². The van der Waals surface area contributed by atoms with Crippen LogP contribution in [0.5, 0.6) is 0 Å². The first-order valence-electron chi connectivity index (χ1n) is 11.5. The van der Waals surface area contributed by atoms with Gasteiger partial charge < -0.3 is 10.1 Å². The second-order valence-electron chi connectivity index (χ2n) is 8.76. The fourth-order valence-corrected chi connectivity index (χ4v) is 5.95. The Kier molecular flexibility index (Phi) is 12.8. The van der Waals surface area contributed by atoms with Crippen molar-refractivity contribution in [2.24, 2.45) is 0 Å². The zero-order chi connectivity index (χ0) is 20.7. The number of carbonyl (C=O) groups is 1. The Hall–Kier alpha value is -0.780.